The molecule has 204 valence electrons. The third-order valence-electron chi connectivity index (χ3n) is 8.09. The molecule has 8 rings (SSSR count). The number of para-hydroxylation sites is 2. The van der Waals surface area contributed by atoms with E-state index in [1.54, 1.807) is 8.80 Å². The monoisotopic (exact) mass is 548 g/mol. The molecule has 0 fully saturated rings. The highest BCUT2D eigenvalue weighted by Crippen LogP contribution is 2.44. The molecule has 0 saturated carbocycles. The Balaban J connectivity index is 0.000000759. The van der Waals surface area contributed by atoms with Crippen molar-refractivity contribution in [3.63, 3.8) is 0 Å². The van der Waals surface area contributed by atoms with E-state index in [0.717, 1.165) is 32.7 Å². The van der Waals surface area contributed by atoms with Gasteiger partial charge in [-0.1, -0.05) is 64.1 Å². The lowest BCUT2D eigenvalue weighted by Crippen LogP contribution is -2.18. The summed E-state index contributed by atoms with van der Waals surface area (Å²) in [4.78, 5) is 32.2. The van der Waals surface area contributed by atoms with E-state index in [1.165, 1.54) is 0 Å². The van der Waals surface area contributed by atoms with Crippen LogP contribution in [0.5, 0.6) is 0 Å². The number of aromatic nitrogens is 2. The van der Waals surface area contributed by atoms with Crippen LogP contribution in [0.25, 0.3) is 70.0 Å². The Bertz CT molecular complexity index is 2410. The molecule has 4 heterocycles. The molecule has 4 aromatic carbocycles. The Labute approximate surface area is 241 Å². The van der Waals surface area contributed by atoms with E-state index in [2.05, 4.69) is 10.9 Å². The van der Waals surface area contributed by atoms with Gasteiger partial charge in [-0.3, -0.25) is 18.4 Å². The van der Waals surface area contributed by atoms with Gasteiger partial charge in [0.1, 0.15) is 6.07 Å². The van der Waals surface area contributed by atoms with Crippen molar-refractivity contribution >= 4 is 70.8 Å². The smallest absolute Gasteiger partial charge is 0.263 e. The van der Waals surface area contributed by atoms with E-state index in [1.807, 2.05) is 102 Å². The van der Waals surface area contributed by atoms with E-state index >= 15 is 0 Å². The molecule has 0 aliphatic carbocycles. The zero-order valence-corrected chi connectivity index (χ0v) is 24.4. The van der Waals surface area contributed by atoms with Crippen LogP contribution in [0.15, 0.2) is 70.3 Å². The van der Waals surface area contributed by atoms with Crippen LogP contribution >= 0.6 is 0 Å². The van der Waals surface area contributed by atoms with Crippen molar-refractivity contribution in [3.05, 3.63) is 109 Å². The van der Waals surface area contributed by atoms with Crippen molar-refractivity contribution in [1.82, 2.24) is 8.80 Å². The van der Waals surface area contributed by atoms with Crippen LogP contribution in [-0.2, 0) is 0 Å². The Kier molecular flexibility index (Phi) is 6.10. The minimum Gasteiger partial charge on any atom is -0.287 e. The lowest BCUT2D eigenvalue weighted by Gasteiger charge is -2.17. The quantitative estimate of drug-likeness (QED) is 0.141. The molecule has 0 aliphatic rings. The van der Waals surface area contributed by atoms with Gasteiger partial charge in [-0.2, -0.15) is 5.26 Å². The summed E-state index contributed by atoms with van der Waals surface area (Å²) < 4.78 is 3.29. The molecule has 0 saturated heterocycles. The second-order valence-corrected chi connectivity index (χ2v) is 9.94. The van der Waals surface area contributed by atoms with Crippen LogP contribution in [0.1, 0.15) is 44.4 Å². The summed E-state index contributed by atoms with van der Waals surface area (Å²) in [5, 5.41) is 15.6. The third-order valence-corrected chi connectivity index (χ3v) is 8.09. The number of benzene rings is 4. The lowest BCUT2D eigenvalue weighted by atomic mass is 9.90. The highest BCUT2D eigenvalue weighted by atomic mass is 16.1. The minimum atomic E-state index is -0.215. The molecule has 0 radical (unpaired) electrons. The second-order valence-electron chi connectivity index (χ2n) is 9.94. The number of pyridine rings is 2. The Morgan fingerprint density at radius 2 is 1.12 bits per heavy atom. The number of rotatable bonds is 0. The number of hydrogen-bond acceptors (Lipinski definition) is 3. The third kappa shape index (κ3) is 3.07. The molecule has 0 spiro atoms. The van der Waals surface area contributed by atoms with Gasteiger partial charge in [0.2, 0.25) is 5.69 Å². The van der Waals surface area contributed by atoms with Gasteiger partial charge in [0.05, 0.1) is 39.5 Å². The van der Waals surface area contributed by atoms with Crippen molar-refractivity contribution in [2.75, 3.05) is 0 Å². The Morgan fingerprint density at radius 3 is 1.64 bits per heavy atom. The van der Waals surface area contributed by atoms with Crippen LogP contribution in [-0.4, -0.2) is 8.80 Å². The van der Waals surface area contributed by atoms with Crippen molar-refractivity contribution < 1.29 is 0 Å². The van der Waals surface area contributed by atoms with Gasteiger partial charge in [-0.25, -0.2) is 4.85 Å². The molecule has 6 heteroatoms. The maximum Gasteiger partial charge on any atom is 0.263 e. The minimum absolute atomic E-state index is 0.212. The highest BCUT2D eigenvalue weighted by molar-refractivity contribution is 6.32. The number of hydrogen-bond donors (Lipinski definition) is 0. The van der Waals surface area contributed by atoms with Gasteiger partial charge < -0.3 is 0 Å². The summed E-state index contributed by atoms with van der Waals surface area (Å²) in [7, 11) is 0. The van der Waals surface area contributed by atoms with Gasteiger partial charge in [0, 0.05) is 32.4 Å². The van der Waals surface area contributed by atoms with Crippen molar-refractivity contribution in [2.24, 2.45) is 0 Å². The standard InChI is InChI=1S/C32H16N4O2.2C2H6/c1-15-12-19-26-24(31(37)35-22-10-6-4-8-17(22)21(14-33)29(19)35)16(2)13-20-27(26)25(15)32(38)36-23-11-7-5-9-18(23)28(34-3)30(20)36;2*1-2/h4-13H,1-2H3;2*1-2H3. The summed E-state index contributed by atoms with van der Waals surface area (Å²) in [6, 6.07) is 21.1. The van der Waals surface area contributed by atoms with Crippen LogP contribution in [0.3, 0.4) is 0 Å². The molecule has 6 nitrogen and oxygen atoms in total. The van der Waals surface area contributed by atoms with Crippen LogP contribution in [0, 0.1) is 31.8 Å². The van der Waals surface area contributed by atoms with Crippen molar-refractivity contribution in [2.45, 2.75) is 41.5 Å². The predicted molar refractivity (Wildman–Crippen MR) is 174 cm³/mol. The first-order valence-electron chi connectivity index (χ1n) is 14.2. The van der Waals surface area contributed by atoms with Crippen molar-refractivity contribution in [3.8, 4) is 6.07 Å². The molecule has 0 aliphatic heterocycles. The van der Waals surface area contributed by atoms with E-state index < -0.39 is 0 Å². The molecule has 0 N–H and O–H groups in total. The topological polar surface area (TPSA) is 71.1 Å². The van der Waals surface area contributed by atoms with E-state index in [9.17, 15) is 14.9 Å². The second kappa shape index (κ2) is 9.58. The Hall–Kier alpha value is -5.46. The number of nitrogens with zero attached hydrogens (tertiary/aromatic N) is 4. The fraction of sp³-hybridized carbons (Fsp3) is 0.167. The number of fused-ring (bicyclic) bond motifs is 8. The van der Waals surface area contributed by atoms with Gasteiger partial charge in [0.15, 0.2) is 0 Å². The van der Waals surface area contributed by atoms with Crippen molar-refractivity contribution in [1.29, 1.82) is 5.26 Å². The maximum absolute atomic E-state index is 14.2. The first-order chi connectivity index (χ1) is 20.5. The molecule has 42 heavy (non-hydrogen) atoms. The molecule has 8 aromatic rings. The molecule has 0 amide bonds. The van der Waals surface area contributed by atoms with Crippen LogP contribution in [0.2, 0.25) is 0 Å². The number of nitriles is 1. The SMILES string of the molecule is CC.CC.[C-]#[N+]c1c2ccccc2n2c(=O)c3c(C)cc4c5c(c(C)cc(c35)c12)c(=O)n1c2ccccc2c(C#N)c41. The molecule has 0 atom stereocenters. The summed E-state index contributed by atoms with van der Waals surface area (Å²) in [6.07, 6.45) is 0. The predicted octanol–water partition coefficient (Wildman–Crippen LogP) is 8.65. The van der Waals surface area contributed by atoms with E-state index in [4.69, 9.17) is 6.57 Å². The molecular weight excluding hydrogens is 520 g/mol. The fourth-order valence-electron chi connectivity index (χ4n) is 6.67. The highest BCUT2D eigenvalue weighted by Gasteiger charge is 2.27. The number of aryl methyl sites for hydroxylation is 2. The maximum atomic E-state index is 14.2. The lowest BCUT2D eigenvalue weighted by molar-refractivity contribution is 1.19. The normalized spacial score (nSPS) is 11.2. The summed E-state index contributed by atoms with van der Waals surface area (Å²) >= 11 is 0. The van der Waals surface area contributed by atoms with Gasteiger partial charge >= 0.3 is 0 Å². The first-order valence-corrected chi connectivity index (χ1v) is 14.2. The van der Waals surface area contributed by atoms with E-state index in [-0.39, 0.29) is 11.1 Å². The zero-order chi connectivity index (χ0) is 30.0. The van der Waals surface area contributed by atoms with Crippen LogP contribution < -0.4 is 11.1 Å². The molecular formula is C36H28N4O2. The molecule has 0 bridgehead atoms. The average Bonchev–Trinajstić information content (AvgIpc) is 3.55. The summed E-state index contributed by atoms with van der Waals surface area (Å²) in [5.41, 5.74) is 4.45. The molecule has 4 aromatic heterocycles. The van der Waals surface area contributed by atoms with Crippen LogP contribution in [0.4, 0.5) is 5.69 Å². The van der Waals surface area contributed by atoms with E-state index in [0.29, 0.717) is 54.9 Å². The zero-order valence-electron chi connectivity index (χ0n) is 24.4. The summed E-state index contributed by atoms with van der Waals surface area (Å²) in [6.45, 7) is 19.8. The summed E-state index contributed by atoms with van der Waals surface area (Å²) in [5.74, 6) is 0. The van der Waals surface area contributed by atoms with Gasteiger partial charge in [-0.05, 0) is 54.6 Å². The first kappa shape index (κ1) is 26.7. The largest absolute Gasteiger partial charge is 0.287 e. The average molecular weight is 549 g/mol. The fourth-order valence-corrected chi connectivity index (χ4v) is 6.67. The van der Waals surface area contributed by atoms with Gasteiger partial charge in [-0.15, -0.1) is 0 Å². The van der Waals surface area contributed by atoms with Gasteiger partial charge in [0.25, 0.3) is 11.1 Å². The molecule has 0 unspecified atom stereocenters. The Morgan fingerprint density at radius 1 is 0.667 bits per heavy atom.